The number of carbonyl (C=O) groups excluding carboxylic acids is 1. The van der Waals surface area contributed by atoms with Gasteiger partial charge in [-0.15, -0.1) is 0 Å². The lowest BCUT2D eigenvalue weighted by atomic mass is 10.1. The lowest BCUT2D eigenvalue weighted by Crippen LogP contribution is -2.12. The number of carbonyl (C=O) groups is 1. The zero-order chi connectivity index (χ0) is 17.2. The number of pyridine rings is 1. The van der Waals surface area contributed by atoms with Crippen molar-refractivity contribution in [2.75, 3.05) is 11.1 Å². The number of benzene rings is 2. The molecule has 0 spiro atoms. The van der Waals surface area contributed by atoms with Crippen LogP contribution in [0.5, 0.6) is 0 Å². The molecule has 1 heterocycles. The number of anilines is 1. The van der Waals surface area contributed by atoms with E-state index in [-0.39, 0.29) is 16.6 Å². The molecule has 5 nitrogen and oxygen atoms in total. The molecule has 0 aliphatic heterocycles. The number of hydrogen-bond acceptors (Lipinski definition) is 4. The Morgan fingerprint density at radius 3 is 2.50 bits per heavy atom. The summed E-state index contributed by atoms with van der Waals surface area (Å²) in [6, 6.07) is 15.1. The van der Waals surface area contributed by atoms with Crippen molar-refractivity contribution >= 4 is 32.3 Å². The Hall–Kier alpha value is -2.73. The Kier molecular flexibility index (Phi) is 4.31. The van der Waals surface area contributed by atoms with E-state index in [0.29, 0.717) is 11.3 Å². The molecule has 0 atom stereocenters. The molecule has 2 aromatic carbocycles. The molecule has 122 valence electrons. The van der Waals surface area contributed by atoms with Gasteiger partial charge in [0.15, 0.2) is 9.84 Å². The minimum atomic E-state index is -3.25. The summed E-state index contributed by atoms with van der Waals surface area (Å²) in [5, 5.41) is 3.55. The molecule has 0 unspecified atom stereocenters. The van der Waals surface area contributed by atoms with E-state index in [0.717, 1.165) is 10.9 Å². The first kappa shape index (κ1) is 16.1. The average Bonchev–Trinajstić information content (AvgIpc) is 2.61. The number of aromatic nitrogens is 1. The summed E-state index contributed by atoms with van der Waals surface area (Å²) in [6.45, 7) is 1.60. The van der Waals surface area contributed by atoms with Crippen molar-refractivity contribution in [1.29, 1.82) is 0 Å². The van der Waals surface area contributed by atoms with Gasteiger partial charge in [-0.2, -0.15) is 0 Å². The number of nitrogens with one attached hydrogen (secondary N) is 1. The maximum absolute atomic E-state index is 12.5. The van der Waals surface area contributed by atoms with Crippen molar-refractivity contribution in [2.45, 2.75) is 11.8 Å². The number of sulfone groups is 1. The molecular weight excluding hydrogens is 324 g/mol. The van der Waals surface area contributed by atoms with Crippen molar-refractivity contribution in [3.8, 4) is 0 Å². The van der Waals surface area contributed by atoms with Crippen LogP contribution in [0.15, 0.2) is 65.7 Å². The molecule has 0 radical (unpaired) electrons. The molecule has 1 aromatic heterocycles. The quantitative estimate of drug-likeness (QED) is 0.791. The molecule has 0 aliphatic rings. The largest absolute Gasteiger partial charge is 0.322 e. The van der Waals surface area contributed by atoms with Crippen molar-refractivity contribution in [2.24, 2.45) is 0 Å². The standard InChI is InChI=1S/C18H16N2O3S/c1-2-24(22,23)14-10-8-13(9-11-14)20-18(21)16-5-3-7-17-15(16)6-4-12-19-17/h3-12H,2H2,1H3,(H,20,21). The predicted molar refractivity (Wildman–Crippen MR) is 93.9 cm³/mol. The molecule has 24 heavy (non-hydrogen) atoms. The molecule has 1 N–H and O–H groups in total. The number of fused-ring (bicyclic) bond motifs is 1. The predicted octanol–water partition coefficient (Wildman–Crippen LogP) is 3.28. The molecule has 0 bridgehead atoms. The Labute approximate surface area is 140 Å². The molecule has 3 rings (SSSR count). The fraction of sp³-hybridized carbons (Fsp3) is 0.111. The van der Waals surface area contributed by atoms with E-state index < -0.39 is 9.84 Å². The smallest absolute Gasteiger partial charge is 0.256 e. The normalized spacial score (nSPS) is 11.4. The molecule has 0 fully saturated rings. The van der Waals surface area contributed by atoms with E-state index in [2.05, 4.69) is 10.3 Å². The second-order valence-electron chi connectivity index (χ2n) is 5.26. The zero-order valence-corrected chi connectivity index (χ0v) is 13.9. The molecule has 0 saturated heterocycles. The molecule has 0 saturated carbocycles. The lowest BCUT2D eigenvalue weighted by molar-refractivity contribution is 0.102. The van der Waals surface area contributed by atoms with Gasteiger partial charge in [-0.25, -0.2) is 8.42 Å². The van der Waals surface area contributed by atoms with E-state index in [1.54, 1.807) is 43.5 Å². The summed E-state index contributed by atoms with van der Waals surface area (Å²) < 4.78 is 23.6. The minimum absolute atomic E-state index is 0.0434. The zero-order valence-electron chi connectivity index (χ0n) is 13.1. The lowest BCUT2D eigenvalue weighted by Gasteiger charge is -2.08. The summed E-state index contributed by atoms with van der Waals surface area (Å²) in [4.78, 5) is 17.0. The number of nitrogens with zero attached hydrogens (tertiary/aromatic N) is 1. The number of amides is 1. The molecular formula is C18H16N2O3S. The van der Waals surface area contributed by atoms with Crippen LogP contribution in [0.2, 0.25) is 0 Å². The van der Waals surface area contributed by atoms with Crippen LogP contribution in [-0.4, -0.2) is 25.1 Å². The second-order valence-corrected chi connectivity index (χ2v) is 7.54. The van der Waals surface area contributed by atoms with Gasteiger partial charge in [0.25, 0.3) is 5.91 Å². The summed E-state index contributed by atoms with van der Waals surface area (Å²) in [5.74, 6) is -0.221. The van der Waals surface area contributed by atoms with Crippen LogP contribution in [0, 0.1) is 0 Å². The maximum atomic E-state index is 12.5. The molecule has 1 amide bonds. The van der Waals surface area contributed by atoms with Crippen LogP contribution >= 0.6 is 0 Å². The minimum Gasteiger partial charge on any atom is -0.322 e. The summed E-state index contributed by atoms with van der Waals surface area (Å²) in [6.07, 6.45) is 1.68. The van der Waals surface area contributed by atoms with Gasteiger partial charge in [0.2, 0.25) is 0 Å². The van der Waals surface area contributed by atoms with Crippen LogP contribution in [0.1, 0.15) is 17.3 Å². The highest BCUT2D eigenvalue weighted by Gasteiger charge is 2.13. The first-order chi connectivity index (χ1) is 11.5. The summed E-state index contributed by atoms with van der Waals surface area (Å²) in [7, 11) is -3.25. The highest BCUT2D eigenvalue weighted by atomic mass is 32.2. The van der Waals surface area contributed by atoms with Crippen molar-refractivity contribution < 1.29 is 13.2 Å². The monoisotopic (exact) mass is 340 g/mol. The summed E-state index contributed by atoms with van der Waals surface area (Å²) in [5.41, 5.74) is 1.80. The highest BCUT2D eigenvalue weighted by molar-refractivity contribution is 7.91. The molecule has 6 heteroatoms. The topological polar surface area (TPSA) is 76.1 Å². The SMILES string of the molecule is CCS(=O)(=O)c1ccc(NC(=O)c2cccc3ncccc23)cc1. The van der Waals surface area contributed by atoms with E-state index in [1.807, 2.05) is 12.1 Å². The summed E-state index contributed by atoms with van der Waals surface area (Å²) >= 11 is 0. The van der Waals surface area contributed by atoms with E-state index in [1.165, 1.54) is 12.1 Å². The molecule has 0 aliphatic carbocycles. The molecule has 3 aromatic rings. The van der Waals surface area contributed by atoms with Crippen molar-refractivity contribution in [1.82, 2.24) is 4.98 Å². The van der Waals surface area contributed by atoms with Crippen molar-refractivity contribution in [3.63, 3.8) is 0 Å². The van der Waals surface area contributed by atoms with Gasteiger partial charge in [-0.1, -0.05) is 19.1 Å². The third-order valence-electron chi connectivity index (χ3n) is 3.74. The highest BCUT2D eigenvalue weighted by Crippen LogP contribution is 2.19. The van der Waals surface area contributed by atoms with E-state index in [4.69, 9.17) is 0 Å². The van der Waals surface area contributed by atoms with Gasteiger partial charge >= 0.3 is 0 Å². The van der Waals surface area contributed by atoms with Crippen LogP contribution in [-0.2, 0) is 9.84 Å². The van der Waals surface area contributed by atoms with E-state index >= 15 is 0 Å². The van der Waals surface area contributed by atoms with Crippen LogP contribution < -0.4 is 5.32 Å². The second kappa shape index (κ2) is 6.41. The van der Waals surface area contributed by atoms with Gasteiger partial charge in [-0.05, 0) is 42.5 Å². The van der Waals surface area contributed by atoms with Gasteiger partial charge in [0.05, 0.1) is 16.2 Å². The van der Waals surface area contributed by atoms with Crippen molar-refractivity contribution in [3.05, 3.63) is 66.4 Å². The van der Waals surface area contributed by atoms with Crippen LogP contribution in [0.4, 0.5) is 5.69 Å². The fourth-order valence-electron chi connectivity index (χ4n) is 2.41. The first-order valence-corrected chi connectivity index (χ1v) is 9.14. The maximum Gasteiger partial charge on any atom is 0.256 e. The third-order valence-corrected chi connectivity index (χ3v) is 5.49. The Morgan fingerprint density at radius 1 is 1.04 bits per heavy atom. The van der Waals surface area contributed by atoms with E-state index in [9.17, 15) is 13.2 Å². The Morgan fingerprint density at radius 2 is 1.79 bits per heavy atom. The van der Waals surface area contributed by atoms with Gasteiger partial charge in [0.1, 0.15) is 0 Å². The van der Waals surface area contributed by atoms with Crippen LogP contribution in [0.25, 0.3) is 10.9 Å². The van der Waals surface area contributed by atoms with Gasteiger partial charge in [0, 0.05) is 22.8 Å². The third kappa shape index (κ3) is 3.14. The van der Waals surface area contributed by atoms with Gasteiger partial charge in [-0.3, -0.25) is 9.78 Å². The fourth-order valence-corrected chi connectivity index (χ4v) is 3.30. The van der Waals surface area contributed by atoms with Gasteiger partial charge < -0.3 is 5.32 Å². The van der Waals surface area contributed by atoms with Crippen LogP contribution in [0.3, 0.4) is 0 Å². The Balaban J connectivity index is 1.87. The average molecular weight is 340 g/mol. The number of rotatable bonds is 4. The Bertz CT molecular complexity index is 991. The first-order valence-electron chi connectivity index (χ1n) is 7.49. The number of hydrogen-bond donors (Lipinski definition) is 1.